The van der Waals surface area contributed by atoms with Crippen LogP contribution in [0.15, 0.2) is 48.5 Å². The van der Waals surface area contributed by atoms with E-state index in [0.717, 1.165) is 69.7 Å². The molecule has 0 saturated carbocycles. The van der Waals surface area contributed by atoms with Crippen molar-refractivity contribution in [2.24, 2.45) is 0 Å². The zero-order chi connectivity index (χ0) is 26.4. The van der Waals surface area contributed by atoms with Crippen molar-refractivity contribution >= 4 is 28.7 Å². The van der Waals surface area contributed by atoms with Gasteiger partial charge in [0, 0.05) is 17.1 Å². The summed E-state index contributed by atoms with van der Waals surface area (Å²) in [4.78, 5) is 25.5. The molecule has 0 radical (unpaired) electrons. The van der Waals surface area contributed by atoms with Gasteiger partial charge in [0.25, 0.3) is 0 Å². The van der Waals surface area contributed by atoms with Gasteiger partial charge in [-0.1, -0.05) is 17.7 Å². The number of piperidine rings is 1. The van der Waals surface area contributed by atoms with Crippen molar-refractivity contribution in [2.45, 2.75) is 45.7 Å². The highest BCUT2D eigenvalue weighted by molar-refractivity contribution is 6.30. The van der Waals surface area contributed by atoms with Crippen LogP contribution in [0.5, 0.6) is 5.75 Å². The number of likely N-dealkylation sites (tertiary alicyclic amines) is 1. The maximum absolute atomic E-state index is 14.2. The Balaban J connectivity index is 1.30. The van der Waals surface area contributed by atoms with E-state index < -0.39 is 0 Å². The number of hydrogen-bond acceptors (Lipinski definition) is 3. The van der Waals surface area contributed by atoms with Gasteiger partial charge >= 0.3 is 6.03 Å². The van der Waals surface area contributed by atoms with Gasteiger partial charge in [0.05, 0.1) is 30.2 Å². The molecule has 1 unspecified atom stereocenters. The number of aromatic amines is 1. The predicted molar refractivity (Wildman–Crippen MR) is 147 cm³/mol. The van der Waals surface area contributed by atoms with Crippen LogP contribution in [-0.4, -0.2) is 45.5 Å². The Kier molecular flexibility index (Phi) is 6.48. The van der Waals surface area contributed by atoms with Gasteiger partial charge in [-0.2, -0.15) is 0 Å². The van der Waals surface area contributed by atoms with E-state index in [-0.39, 0.29) is 17.9 Å². The van der Waals surface area contributed by atoms with E-state index in [1.807, 2.05) is 29.7 Å². The summed E-state index contributed by atoms with van der Waals surface area (Å²) in [7, 11) is 0. The SMILES string of the molecule is Cc1nc2ccc(-c3cc(C)c4c(c3)CN(C(=O)N3CCCCC3c3cc(F)cc(Cl)c3)CCO4)cc2[nH]1. The number of imidazole rings is 1. The number of rotatable bonds is 2. The lowest BCUT2D eigenvalue weighted by atomic mass is 9.95. The number of amides is 2. The molecule has 6 rings (SSSR count). The number of nitrogens with zero attached hydrogens (tertiary/aromatic N) is 3. The first-order valence-corrected chi connectivity index (χ1v) is 13.5. The molecule has 3 heterocycles. The number of fused-ring (bicyclic) bond motifs is 2. The Hall–Kier alpha value is -3.58. The summed E-state index contributed by atoms with van der Waals surface area (Å²) in [5.74, 6) is 1.35. The van der Waals surface area contributed by atoms with Gasteiger partial charge in [-0.05, 0) is 97.8 Å². The van der Waals surface area contributed by atoms with E-state index in [9.17, 15) is 9.18 Å². The zero-order valence-electron chi connectivity index (χ0n) is 21.6. The Labute approximate surface area is 226 Å². The molecule has 8 heteroatoms. The third-order valence-electron chi connectivity index (χ3n) is 7.54. The average molecular weight is 533 g/mol. The zero-order valence-corrected chi connectivity index (χ0v) is 22.3. The minimum Gasteiger partial charge on any atom is -0.491 e. The lowest BCUT2D eigenvalue weighted by Crippen LogP contribution is -2.47. The molecule has 1 atom stereocenters. The normalized spacial score (nSPS) is 17.7. The Bertz CT molecular complexity index is 1510. The van der Waals surface area contributed by atoms with Gasteiger partial charge in [0.2, 0.25) is 0 Å². The van der Waals surface area contributed by atoms with Crippen LogP contribution < -0.4 is 4.74 Å². The third-order valence-corrected chi connectivity index (χ3v) is 7.76. The van der Waals surface area contributed by atoms with E-state index >= 15 is 0 Å². The molecule has 3 aromatic carbocycles. The van der Waals surface area contributed by atoms with Gasteiger partial charge < -0.3 is 19.5 Å². The number of benzene rings is 3. The van der Waals surface area contributed by atoms with E-state index in [2.05, 4.69) is 34.2 Å². The van der Waals surface area contributed by atoms with Crippen molar-refractivity contribution in [1.29, 1.82) is 0 Å². The van der Waals surface area contributed by atoms with Crippen molar-refractivity contribution < 1.29 is 13.9 Å². The highest BCUT2D eigenvalue weighted by Crippen LogP contribution is 2.36. The quantitative estimate of drug-likeness (QED) is 0.297. The maximum atomic E-state index is 14.2. The number of H-pyrrole nitrogens is 1. The molecule has 0 aliphatic carbocycles. The number of ether oxygens (including phenoxy) is 1. The largest absolute Gasteiger partial charge is 0.491 e. The number of carbonyl (C=O) groups is 1. The van der Waals surface area contributed by atoms with Crippen LogP contribution in [0.25, 0.3) is 22.2 Å². The molecule has 38 heavy (non-hydrogen) atoms. The molecule has 1 saturated heterocycles. The Morgan fingerprint density at radius 3 is 2.79 bits per heavy atom. The first-order valence-electron chi connectivity index (χ1n) is 13.1. The Morgan fingerprint density at radius 1 is 1.08 bits per heavy atom. The summed E-state index contributed by atoms with van der Waals surface area (Å²) in [6, 6.07) is 14.8. The van der Waals surface area contributed by atoms with E-state index in [1.54, 1.807) is 6.07 Å². The van der Waals surface area contributed by atoms with Crippen LogP contribution in [0.4, 0.5) is 9.18 Å². The molecule has 1 fully saturated rings. The van der Waals surface area contributed by atoms with Crippen LogP contribution >= 0.6 is 11.6 Å². The summed E-state index contributed by atoms with van der Waals surface area (Å²) < 4.78 is 20.3. The number of hydrogen-bond donors (Lipinski definition) is 1. The van der Waals surface area contributed by atoms with E-state index in [0.29, 0.717) is 31.3 Å². The monoisotopic (exact) mass is 532 g/mol. The smallest absolute Gasteiger partial charge is 0.320 e. The molecular weight excluding hydrogens is 503 g/mol. The van der Waals surface area contributed by atoms with Crippen molar-refractivity contribution in [2.75, 3.05) is 19.7 Å². The molecule has 4 aromatic rings. The van der Waals surface area contributed by atoms with Crippen LogP contribution in [-0.2, 0) is 6.54 Å². The molecule has 1 aromatic heterocycles. The fourth-order valence-corrected chi connectivity index (χ4v) is 6.05. The molecule has 1 N–H and O–H groups in total. The molecule has 2 aliphatic rings. The summed E-state index contributed by atoms with van der Waals surface area (Å²) in [6.07, 6.45) is 2.69. The van der Waals surface area contributed by atoms with Gasteiger partial charge in [-0.15, -0.1) is 0 Å². The summed E-state index contributed by atoms with van der Waals surface area (Å²) in [5.41, 5.74) is 6.85. The summed E-state index contributed by atoms with van der Waals surface area (Å²) in [6.45, 7) is 5.97. The van der Waals surface area contributed by atoms with Crippen molar-refractivity contribution in [1.82, 2.24) is 19.8 Å². The number of nitrogens with one attached hydrogen (secondary N) is 1. The fourth-order valence-electron chi connectivity index (χ4n) is 5.82. The van der Waals surface area contributed by atoms with Crippen LogP contribution in [0.3, 0.4) is 0 Å². The lowest BCUT2D eigenvalue weighted by Gasteiger charge is -2.39. The molecule has 196 valence electrons. The average Bonchev–Trinajstić information content (AvgIpc) is 3.13. The first kappa shape index (κ1) is 24.7. The molecule has 2 aliphatic heterocycles. The Morgan fingerprint density at radius 2 is 1.95 bits per heavy atom. The summed E-state index contributed by atoms with van der Waals surface area (Å²) in [5, 5.41) is 0.349. The molecule has 0 bridgehead atoms. The number of urea groups is 1. The number of aryl methyl sites for hydroxylation is 2. The minimum absolute atomic E-state index is 0.0519. The molecule has 6 nitrogen and oxygen atoms in total. The number of carbonyl (C=O) groups excluding carboxylic acids is 1. The van der Waals surface area contributed by atoms with Gasteiger partial charge in [-0.3, -0.25) is 0 Å². The van der Waals surface area contributed by atoms with Crippen molar-refractivity contribution in [3.63, 3.8) is 0 Å². The van der Waals surface area contributed by atoms with Crippen LogP contribution in [0.1, 0.15) is 47.8 Å². The topological polar surface area (TPSA) is 61.5 Å². The van der Waals surface area contributed by atoms with Crippen LogP contribution in [0, 0.1) is 19.7 Å². The molecule has 2 amide bonds. The van der Waals surface area contributed by atoms with Gasteiger partial charge in [-0.25, -0.2) is 14.2 Å². The second kappa shape index (κ2) is 9.95. The lowest BCUT2D eigenvalue weighted by molar-refractivity contribution is 0.110. The van der Waals surface area contributed by atoms with Crippen molar-refractivity contribution in [3.05, 3.63) is 81.9 Å². The molecule has 0 spiro atoms. The fraction of sp³-hybridized carbons (Fsp3) is 0.333. The highest BCUT2D eigenvalue weighted by Gasteiger charge is 2.33. The molecular formula is C30H30ClFN4O2. The third kappa shape index (κ3) is 4.71. The van der Waals surface area contributed by atoms with E-state index in [4.69, 9.17) is 16.3 Å². The number of aromatic nitrogens is 2. The predicted octanol–water partition coefficient (Wildman–Crippen LogP) is 7.18. The second-order valence-electron chi connectivity index (χ2n) is 10.3. The second-order valence-corrected chi connectivity index (χ2v) is 10.7. The first-order chi connectivity index (χ1) is 18.4. The van der Waals surface area contributed by atoms with Crippen molar-refractivity contribution in [3.8, 4) is 16.9 Å². The van der Waals surface area contributed by atoms with Gasteiger partial charge in [0.15, 0.2) is 0 Å². The van der Waals surface area contributed by atoms with Gasteiger partial charge in [0.1, 0.15) is 24.0 Å². The van der Waals surface area contributed by atoms with Crippen LogP contribution in [0.2, 0.25) is 5.02 Å². The standard InChI is InChI=1S/C30H30ClFN4O2/c1-18-11-21(20-6-7-26-27(15-20)34-19(2)33-26)12-23-17-35(9-10-38-29(18)23)30(37)36-8-4-3-5-28(36)22-13-24(31)16-25(32)14-22/h6-7,11-16,28H,3-5,8-10,17H2,1-2H3,(H,33,34). The minimum atomic E-state index is -0.381. The summed E-state index contributed by atoms with van der Waals surface area (Å²) >= 11 is 6.16. The van der Waals surface area contributed by atoms with E-state index in [1.165, 1.54) is 12.1 Å². The number of halogens is 2. The highest BCUT2D eigenvalue weighted by atomic mass is 35.5. The maximum Gasteiger partial charge on any atom is 0.320 e.